The maximum absolute atomic E-state index is 5.96. The third kappa shape index (κ3) is 2.06. The van der Waals surface area contributed by atoms with Crippen molar-refractivity contribution >= 4 is 44.7 Å². The zero-order valence-corrected chi connectivity index (χ0v) is 11.7. The monoisotopic (exact) mass is 299 g/mol. The summed E-state index contributed by atoms with van der Waals surface area (Å²) in [6.07, 6.45) is 2.10. The summed E-state index contributed by atoms with van der Waals surface area (Å²) in [4.78, 5) is 4.38. The number of rotatable bonds is 3. The normalized spacial score (nSPS) is 13.2. The average Bonchev–Trinajstić information content (AvgIpc) is 2.53. The fourth-order valence-corrected chi connectivity index (χ4v) is 2.85. The van der Waals surface area contributed by atoms with Gasteiger partial charge in [0, 0.05) is 16.3 Å². The number of thioether (sulfide) groups is 1. The summed E-state index contributed by atoms with van der Waals surface area (Å²) in [5, 5.41) is 0. The smallest absolute Gasteiger partial charge is 0.201 e. The molecule has 1 unspecified atom stereocenters. The molecule has 0 aliphatic rings. The lowest BCUT2D eigenvalue weighted by atomic mass is 10.3. The number of hydrogen-bond acceptors (Lipinski definition) is 3. The number of hydrogen-bond donors (Lipinski definition) is 1. The summed E-state index contributed by atoms with van der Waals surface area (Å²) in [5.41, 5.74) is 8.01. The first-order valence-electron chi connectivity index (χ1n) is 5.05. The molecule has 1 atom stereocenters. The molecule has 2 rings (SSSR count). The number of halogens is 1. The standard InChI is InChI=1S/C11H14BrN3S/c1-7(6-16-2)15-10-4-3-8(12)5-9(10)14-11(15)13/h3-5,7H,6H2,1-2H3,(H2,13,14). The minimum absolute atomic E-state index is 0.362. The molecule has 1 heterocycles. The van der Waals surface area contributed by atoms with Gasteiger partial charge in [-0.3, -0.25) is 0 Å². The van der Waals surface area contributed by atoms with Crippen LogP contribution >= 0.6 is 27.7 Å². The number of aromatic nitrogens is 2. The van der Waals surface area contributed by atoms with Gasteiger partial charge in [-0.25, -0.2) is 4.98 Å². The molecular formula is C11H14BrN3S. The highest BCUT2D eigenvalue weighted by atomic mass is 79.9. The maximum Gasteiger partial charge on any atom is 0.201 e. The fraction of sp³-hybridized carbons (Fsp3) is 0.364. The lowest BCUT2D eigenvalue weighted by Crippen LogP contribution is -2.10. The molecule has 0 amide bonds. The van der Waals surface area contributed by atoms with Gasteiger partial charge in [0.1, 0.15) is 0 Å². The van der Waals surface area contributed by atoms with Crippen molar-refractivity contribution in [3.05, 3.63) is 22.7 Å². The van der Waals surface area contributed by atoms with Gasteiger partial charge in [0.2, 0.25) is 5.95 Å². The maximum atomic E-state index is 5.96. The Kier molecular flexibility index (Phi) is 3.44. The quantitative estimate of drug-likeness (QED) is 0.946. The van der Waals surface area contributed by atoms with Crippen molar-refractivity contribution in [2.45, 2.75) is 13.0 Å². The molecule has 0 radical (unpaired) electrons. The van der Waals surface area contributed by atoms with Crippen molar-refractivity contribution in [2.24, 2.45) is 0 Å². The summed E-state index contributed by atoms with van der Waals surface area (Å²) < 4.78 is 3.13. The van der Waals surface area contributed by atoms with E-state index in [1.807, 2.05) is 23.9 Å². The average molecular weight is 300 g/mol. The van der Waals surface area contributed by atoms with Crippen LogP contribution < -0.4 is 5.73 Å². The highest BCUT2D eigenvalue weighted by Gasteiger charge is 2.13. The third-order valence-electron chi connectivity index (χ3n) is 2.53. The summed E-state index contributed by atoms with van der Waals surface area (Å²) in [6.45, 7) is 2.16. The molecule has 0 aliphatic carbocycles. The van der Waals surface area contributed by atoms with E-state index in [9.17, 15) is 0 Å². The first-order chi connectivity index (χ1) is 7.63. The van der Waals surface area contributed by atoms with E-state index >= 15 is 0 Å². The number of nitrogens with two attached hydrogens (primary N) is 1. The van der Waals surface area contributed by atoms with Crippen LogP contribution in [-0.2, 0) is 0 Å². The number of fused-ring (bicyclic) bond motifs is 1. The highest BCUT2D eigenvalue weighted by molar-refractivity contribution is 9.10. The van der Waals surface area contributed by atoms with Crippen LogP contribution in [0.2, 0.25) is 0 Å². The number of nitrogen functional groups attached to an aromatic ring is 1. The predicted octanol–water partition coefficient (Wildman–Crippen LogP) is 3.31. The van der Waals surface area contributed by atoms with Crippen molar-refractivity contribution in [3.63, 3.8) is 0 Å². The fourth-order valence-electron chi connectivity index (χ4n) is 1.87. The van der Waals surface area contributed by atoms with Gasteiger partial charge >= 0.3 is 0 Å². The van der Waals surface area contributed by atoms with E-state index in [1.165, 1.54) is 0 Å². The second-order valence-electron chi connectivity index (χ2n) is 3.78. The summed E-state index contributed by atoms with van der Waals surface area (Å²) in [6, 6.07) is 6.43. The minimum atomic E-state index is 0.362. The van der Waals surface area contributed by atoms with Crippen LogP contribution in [0.25, 0.3) is 11.0 Å². The Labute approximate surface area is 108 Å². The summed E-state index contributed by atoms with van der Waals surface area (Å²) in [7, 11) is 0. The Morgan fingerprint density at radius 2 is 2.31 bits per heavy atom. The van der Waals surface area contributed by atoms with Gasteiger partial charge in [-0.15, -0.1) is 0 Å². The Hall–Kier alpha value is -0.680. The molecule has 1 aromatic carbocycles. The zero-order chi connectivity index (χ0) is 11.7. The first kappa shape index (κ1) is 11.8. The molecule has 5 heteroatoms. The van der Waals surface area contributed by atoms with Crippen LogP contribution in [0.5, 0.6) is 0 Å². The van der Waals surface area contributed by atoms with Gasteiger partial charge in [-0.05, 0) is 31.4 Å². The van der Waals surface area contributed by atoms with Gasteiger partial charge in [-0.2, -0.15) is 11.8 Å². The summed E-state index contributed by atoms with van der Waals surface area (Å²) in [5.74, 6) is 1.63. The minimum Gasteiger partial charge on any atom is -0.369 e. The molecule has 0 aliphatic heterocycles. The lowest BCUT2D eigenvalue weighted by Gasteiger charge is -2.14. The van der Waals surface area contributed by atoms with Crippen LogP contribution in [0.15, 0.2) is 22.7 Å². The van der Waals surface area contributed by atoms with Crippen molar-refractivity contribution < 1.29 is 0 Å². The molecule has 0 saturated carbocycles. The number of nitrogens with zero attached hydrogens (tertiary/aromatic N) is 2. The number of benzene rings is 1. The number of imidazole rings is 1. The van der Waals surface area contributed by atoms with Crippen LogP contribution in [0.1, 0.15) is 13.0 Å². The summed E-state index contributed by atoms with van der Waals surface area (Å²) >= 11 is 5.25. The van der Waals surface area contributed by atoms with E-state index in [0.29, 0.717) is 12.0 Å². The highest BCUT2D eigenvalue weighted by Crippen LogP contribution is 2.26. The predicted molar refractivity (Wildman–Crippen MR) is 74.9 cm³/mol. The van der Waals surface area contributed by atoms with Crippen molar-refractivity contribution in [1.82, 2.24) is 9.55 Å². The SMILES string of the molecule is CSCC(C)n1c(N)nc2cc(Br)ccc21. The van der Waals surface area contributed by atoms with Crippen molar-refractivity contribution in [3.8, 4) is 0 Å². The van der Waals surface area contributed by atoms with Gasteiger partial charge in [-0.1, -0.05) is 15.9 Å². The van der Waals surface area contributed by atoms with Crippen LogP contribution in [-0.4, -0.2) is 21.6 Å². The van der Waals surface area contributed by atoms with Crippen LogP contribution in [0.3, 0.4) is 0 Å². The van der Waals surface area contributed by atoms with E-state index in [-0.39, 0.29) is 0 Å². The van der Waals surface area contributed by atoms with E-state index < -0.39 is 0 Å². The van der Waals surface area contributed by atoms with Crippen molar-refractivity contribution in [2.75, 3.05) is 17.7 Å². The Balaban J connectivity index is 2.55. The molecule has 0 bridgehead atoms. The molecule has 1 aromatic heterocycles. The molecule has 3 nitrogen and oxygen atoms in total. The Morgan fingerprint density at radius 1 is 1.56 bits per heavy atom. The topological polar surface area (TPSA) is 43.8 Å². The first-order valence-corrected chi connectivity index (χ1v) is 7.24. The lowest BCUT2D eigenvalue weighted by molar-refractivity contribution is 0.637. The third-order valence-corrected chi connectivity index (χ3v) is 3.84. The van der Waals surface area contributed by atoms with Crippen LogP contribution in [0, 0.1) is 0 Å². The van der Waals surface area contributed by atoms with Gasteiger partial charge in [0.15, 0.2) is 0 Å². The molecular weight excluding hydrogens is 286 g/mol. The van der Waals surface area contributed by atoms with E-state index in [0.717, 1.165) is 21.3 Å². The Morgan fingerprint density at radius 3 is 3.00 bits per heavy atom. The van der Waals surface area contributed by atoms with E-state index in [4.69, 9.17) is 5.73 Å². The second kappa shape index (κ2) is 4.67. The van der Waals surface area contributed by atoms with Gasteiger partial charge < -0.3 is 10.3 Å². The molecule has 0 spiro atoms. The van der Waals surface area contributed by atoms with Crippen molar-refractivity contribution in [1.29, 1.82) is 0 Å². The molecule has 2 aromatic rings. The number of anilines is 1. The van der Waals surface area contributed by atoms with E-state index in [1.54, 1.807) is 0 Å². The Bertz CT molecular complexity index is 509. The zero-order valence-electron chi connectivity index (χ0n) is 9.27. The molecule has 86 valence electrons. The molecule has 0 saturated heterocycles. The molecule has 2 N–H and O–H groups in total. The second-order valence-corrected chi connectivity index (χ2v) is 5.60. The van der Waals surface area contributed by atoms with Gasteiger partial charge in [0.05, 0.1) is 11.0 Å². The largest absolute Gasteiger partial charge is 0.369 e. The van der Waals surface area contributed by atoms with Gasteiger partial charge in [0.25, 0.3) is 0 Å². The molecule has 0 fully saturated rings. The van der Waals surface area contributed by atoms with Crippen LogP contribution in [0.4, 0.5) is 5.95 Å². The van der Waals surface area contributed by atoms with E-state index in [2.05, 4.69) is 44.7 Å². The molecule has 16 heavy (non-hydrogen) atoms.